The van der Waals surface area contributed by atoms with Gasteiger partial charge in [0.1, 0.15) is 0 Å². The summed E-state index contributed by atoms with van der Waals surface area (Å²) in [7, 11) is 0. The molecule has 1 N–H and O–H groups in total. The number of carboxylic acids is 1. The largest absolute Gasteiger partial charge is 0.481 e. The van der Waals surface area contributed by atoms with Crippen molar-refractivity contribution in [3.05, 3.63) is 35.4 Å². The van der Waals surface area contributed by atoms with Gasteiger partial charge in [0.05, 0.1) is 24.0 Å². The second-order valence-corrected chi connectivity index (χ2v) is 5.41. The Balaban J connectivity index is 1.90. The summed E-state index contributed by atoms with van der Waals surface area (Å²) in [4.78, 5) is 23.9. The molecule has 0 saturated carbocycles. The van der Waals surface area contributed by atoms with Gasteiger partial charge >= 0.3 is 5.97 Å². The predicted octanol–water partition coefficient (Wildman–Crippen LogP) is 2.06. The van der Waals surface area contributed by atoms with Crippen LogP contribution in [0.2, 0.25) is 0 Å². The molecule has 2 fully saturated rings. The first kappa shape index (κ1) is 12.4. The van der Waals surface area contributed by atoms with Crippen LogP contribution in [0.25, 0.3) is 0 Å². The molecular weight excluding hydrogens is 244 g/mol. The molecule has 19 heavy (non-hydrogen) atoms. The number of rotatable bonds is 3. The maximum absolute atomic E-state index is 12.5. The minimum Gasteiger partial charge on any atom is -0.481 e. The highest BCUT2D eigenvalue weighted by Gasteiger charge is 2.55. The average molecular weight is 260 g/mol. The lowest BCUT2D eigenvalue weighted by Gasteiger charge is -2.23. The maximum Gasteiger partial charge on any atom is 0.309 e. The average Bonchev–Trinajstić information content (AvgIpc) is 2.98. The van der Waals surface area contributed by atoms with Crippen LogP contribution in [0, 0.1) is 18.8 Å². The van der Waals surface area contributed by atoms with Crippen molar-refractivity contribution in [3.8, 4) is 0 Å². The molecule has 0 amide bonds. The van der Waals surface area contributed by atoms with Gasteiger partial charge in [-0.15, -0.1) is 0 Å². The fraction of sp³-hybridized carbons (Fsp3) is 0.467. The number of ether oxygens (including phenoxy) is 1. The Kier molecular flexibility index (Phi) is 2.90. The van der Waals surface area contributed by atoms with E-state index < -0.39 is 17.8 Å². The van der Waals surface area contributed by atoms with Gasteiger partial charge < -0.3 is 9.84 Å². The van der Waals surface area contributed by atoms with Crippen LogP contribution < -0.4 is 0 Å². The van der Waals surface area contributed by atoms with Crippen molar-refractivity contribution in [2.75, 3.05) is 0 Å². The molecule has 2 saturated heterocycles. The normalized spacial score (nSPS) is 32.5. The number of Topliss-reactive ketones (excluding diaryl/α,β-unsaturated/α-hetero) is 1. The number of ketones is 1. The van der Waals surface area contributed by atoms with Crippen molar-refractivity contribution >= 4 is 11.8 Å². The molecule has 1 aromatic carbocycles. The van der Waals surface area contributed by atoms with Crippen LogP contribution in [0.3, 0.4) is 0 Å². The molecule has 0 aromatic heterocycles. The smallest absolute Gasteiger partial charge is 0.309 e. The number of hydrogen-bond acceptors (Lipinski definition) is 3. The van der Waals surface area contributed by atoms with E-state index in [2.05, 4.69) is 0 Å². The number of carbonyl (C=O) groups is 2. The van der Waals surface area contributed by atoms with Crippen molar-refractivity contribution in [2.24, 2.45) is 11.8 Å². The van der Waals surface area contributed by atoms with Crippen LogP contribution in [0.15, 0.2) is 24.3 Å². The van der Waals surface area contributed by atoms with Crippen molar-refractivity contribution < 1.29 is 19.4 Å². The second kappa shape index (κ2) is 4.46. The Bertz CT molecular complexity index is 519. The molecule has 4 nitrogen and oxygen atoms in total. The summed E-state index contributed by atoms with van der Waals surface area (Å²) < 4.78 is 5.62. The van der Waals surface area contributed by atoms with E-state index >= 15 is 0 Å². The summed E-state index contributed by atoms with van der Waals surface area (Å²) in [6.07, 6.45) is 1.03. The Morgan fingerprint density at radius 2 is 1.68 bits per heavy atom. The van der Waals surface area contributed by atoms with E-state index in [4.69, 9.17) is 4.74 Å². The highest BCUT2D eigenvalue weighted by molar-refractivity contribution is 6.00. The minimum absolute atomic E-state index is 0.0976. The van der Waals surface area contributed by atoms with Gasteiger partial charge in [-0.3, -0.25) is 9.59 Å². The fourth-order valence-electron chi connectivity index (χ4n) is 3.23. The highest BCUT2D eigenvalue weighted by atomic mass is 16.5. The van der Waals surface area contributed by atoms with Gasteiger partial charge in [0.25, 0.3) is 0 Å². The van der Waals surface area contributed by atoms with E-state index in [1.807, 2.05) is 19.1 Å². The first-order valence-electron chi connectivity index (χ1n) is 6.57. The van der Waals surface area contributed by atoms with Crippen molar-refractivity contribution in [1.82, 2.24) is 0 Å². The third-order valence-electron chi connectivity index (χ3n) is 4.20. The van der Waals surface area contributed by atoms with Crippen LogP contribution in [0.1, 0.15) is 28.8 Å². The molecule has 4 atom stereocenters. The summed E-state index contributed by atoms with van der Waals surface area (Å²) in [6, 6.07) is 7.28. The third-order valence-corrected chi connectivity index (χ3v) is 4.20. The molecule has 1 aromatic rings. The molecule has 2 heterocycles. The molecule has 0 spiro atoms. The van der Waals surface area contributed by atoms with Gasteiger partial charge in [0.2, 0.25) is 0 Å². The maximum atomic E-state index is 12.5. The zero-order chi connectivity index (χ0) is 13.6. The van der Waals surface area contributed by atoms with Gasteiger partial charge in [0.15, 0.2) is 5.78 Å². The van der Waals surface area contributed by atoms with Gasteiger partial charge in [-0.1, -0.05) is 29.8 Å². The number of aryl methyl sites for hydroxylation is 1. The second-order valence-electron chi connectivity index (χ2n) is 5.41. The highest BCUT2D eigenvalue weighted by Crippen LogP contribution is 2.44. The molecule has 4 heteroatoms. The summed E-state index contributed by atoms with van der Waals surface area (Å²) in [5.74, 6) is -2.23. The molecule has 0 unspecified atom stereocenters. The summed E-state index contributed by atoms with van der Waals surface area (Å²) in [5, 5.41) is 9.31. The zero-order valence-corrected chi connectivity index (χ0v) is 10.7. The Morgan fingerprint density at radius 1 is 1.11 bits per heavy atom. The first-order chi connectivity index (χ1) is 9.08. The topological polar surface area (TPSA) is 63.6 Å². The summed E-state index contributed by atoms with van der Waals surface area (Å²) >= 11 is 0. The number of aliphatic carboxylic acids is 1. The molecule has 2 aliphatic heterocycles. The number of carboxylic acid groups (broad SMARTS) is 1. The van der Waals surface area contributed by atoms with E-state index in [1.54, 1.807) is 12.1 Å². The molecule has 0 radical (unpaired) electrons. The lowest BCUT2D eigenvalue weighted by molar-refractivity contribution is -0.144. The van der Waals surface area contributed by atoms with Crippen molar-refractivity contribution in [2.45, 2.75) is 32.0 Å². The Hall–Kier alpha value is -1.68. The lowest BCUT2D eigenvalue weighted by atomic mass is 9.75. The van der Waals surface area contributed by atoms with Gasteiger partial charge in [-0.2, -0.15) is 0 Å². The molecule has 0 aliphatic carbocycles. The SMILES string of the molecule is Cc1ccc(C(=O)[C@@H]2[C@H](C(=O)O)[C@H]3CC[C@@H]2O3)cc1. The van der Waals surface area contributed by atoms with Gasteiger partial charge in [-0.05, 0) is 19.8 Å². The fourth-order valence-corrected chi connectivity index (χ4v) is 3.23. The number of fused-ring (bicyclic) bond motifs is 2. The number of benzene rings is 1. The summed E-state index contributed by atoms with van der Waals surface area (Å²) in [5.41, 5.74) is 1.66. The quantitative estimate of drug-likeness (QED) is 0.845. The molecule has 2 bridgehead atoms. The molecule has 2 aliphatic rings. The molecule has 100 valence electrons. The number of hydrogen-bond donors (Lipinski definition) is 1. The van der Waals surface area contributed by atoms with Gasteiger partial charge in [0, 0.05) is 5.56 Å². The summed E-state index contributed by atoms with van der Waals surface area (Å²) in [6.45, 7) is 1.95. The van der Waals surface area contributed by atoms with Gasteiger partial charge in [-0.25, -0.2) is 0 Å². The predicted molar refractivity (Wildman–Crippen MR) is 68.0 cm³/mol. The Labute approximate surface area is 111 Å². The van der Waals surface area contributed by atoms with Crippen molar-refractivity contribution in [1.29, 1.82) is 0 Å². The van der Waals surface area contributed by atoms with E-state index in [0.717, 1.165) is 18.4 Å². The van der Waals surface area contributed by atoms with Crippen LogP contribution in [0.5, 0.6) is 0 Å². The number of carbonyl (C=O) groups excluding carboxylic acids is 1. The standard InChI is InChI=1S/C15H16O4/c1-8-2-4-9(5-3-8)14(16)12-10-6-7-11(19-10)13(12)15(17)18/h2-5,10-13H,6-7H2,1H3,(H,17,18)/t10-,11+,12-,13+/m0/s1. The lowest BCUT2D eigenvalue weighted by Crippen LogP contribution is -2.38. The van der Waals surface area contributed by atoms with Crippen LogP contribution in [-0.4, -0.2) is 29.1 Å². The monoisotopic (exact) mass is 260 g/mol. The van der Waals surface area contributed by atoms with Crippen LogP contribution in [0.4, 0.5) is 0 Å². The van der Waals surface area contributed by atoms with E-state index in [9.17, 15) is 14.7 Å². The van der Waals surface area contributed by atoms with E-state index in [-0.39, 0.29) is 18.0 Å². The minimum atomic E-state index is -0.919. The third kappa shape index (κ3) is 1.96. The van der Waals surface area contributed by atoms with E-state index in [1.165, 1.54) is 0 Å². The molecule has 3 rings (SSSR count). The molecular formula is C15H16O4. The zero-order valence-electron chi connectivity index (χ0n) is 10.7. The van der Waals surface area contributed by atoms with Crippen LogP contribution in [-0.2, 0) is 9.53 Å². The Morgan fingerprint density at radius 3 is 2.26 bits per heavy atom. The van der Waals surface area contributed by atoms with Crippen molar-refractivity contribution in [3.63, 3.8) is 0 Å². The van der Waals surface area contributed by atoms with Crippen LogP contribution >= 0.6 is 0 Å². The first-order valence-corrected chi connectivity index (χ1v) is 6.57. The van der Waals surface area contributed by atoms with E-state index in [0.29, 0.717) is 5.56 Å².